The molecule has 1 fully saturated rings. The van der Waals surface area contributed by atoms with Gasteiger partial charge in [-0.3, -0.25) is 4.79 Å². The fraction of sp³-hybridized carbons (Fsp3) is 0.389. The number of nitrogens with one attached hydrogen (secondary N) is 1. The molecule has 1 aromatic carbocycles. The van der Waals surface area contributed by atoms with Gasteiger partial charge < -0.3 is 25.2 Å². The van der Waals surface area contributed by atoms with Gasteiger partial charge >= 0.3 is 12.1 Å². The zero-order valence-corrected chi connectivity index (χ0v) is 14.4. The molecule has 0 radical (unpaired) electrons. The Hall–Kier alpha value is -2.87. The van der Waals surface area contributed by atoms with Crippen LogP contribution >= 0.6 is 0 Å². The Morgan fingerprint density at radius 3 is 2.54 bits per heavy atom. The van der Waals surface area contributed by atoms with Crippen LogP contribution in [0.4, 0.5) is 4.79 Å². The van der Waals surface area contributed by atoms with E-state index in [0.717, 1.165) is 5.56 Å². The van der Waals surface area contributed by atoms with Gasteiger partial charge in [0.25, 0.3) is 0 Å². The number of aliphatic hydroxyl groups excluding tert-OH is 1. The number of hydrogen-bond acceptors (Lipinski definition) is 5. The Balaban J connectivity index is 1.83. The maximum Gasteiger partial charge on any atom is 0.407 e. The van der Waals surface area contributed by atoms with Crippen molar-refractivity contribution in [2.45, 2.75) is 32.0 Å². The van der Waals surface area contributed by atoms with E-state index in [0.29, 0.717) is 17.6 Å². The number of amides is 2. The van der Waals surface area contributed by atoms with Gasteiger partial charge in [-0.2, -0.15) is 0 Å². The number of carboxylic acid groups (broad SMARTS) is 1. The second-order valence-electron chi connectivity index (χ2n) is 6.42. The summed E-state index contributed by atoms with van der Waals surface area (Å²) in [6.07, 6.45) is -0.958. The molecule has 2 amide bonds. The highest BCUT2D eigenvalue weighted by molar-refractivity contribution is 6.06. The lowest BCUT2D eigenvalue weighted by Crippen LogP contribution is -2.61. The number of aliphatic hydroxyl groups is 1. The number of carbonyl (C=O) groups is 3. The molecule has 138 valence electrons. The molecule has 1 saturated heterocycles. The smallest absolute Gasteiger partial charge is 0.407 e. The van der Waals surface area contributed by atoms with Crippen LogP contribution in [0.3, 0.4) is 0 Å². The molecule has 3 N–H and O–H groups in total. The van der Waals surface area contributed by atoms with Gasteiger partial charge in [0, 0.05) is 6.54 Å². The molecule has 0 saturated carbocycles. The van der Waals surface area contributed by atoms with Crippen molar-refractivity contribution in [2.24, 2.45) is 5.92 Å². The lowest BCUT2D eigenvalue weighted by atomic mass is 9.82. The first-order chi connectivity index (χ1) is 12.3. The Morgan fingerprint density at radius 2 is 2.00 bits per heavy atom. The van der Waals surface area contributed by atoms with E-state index in [9.17, 15) is 24.6 Å². The number of carboxylic acids is 1. The molecular formula is C18H20N2O6. The first-order valence-corrected chi connectivity index (χ1v) is 8.23. The molecule has 8 heteroatoms. The van der Waals surface area contributed by atoms with Gasteiger partial charge in [0.2, 0.25) is 5.91 Å². The van der Waals surface area contributed by atoms with E-state index >= 15 is 0 Å². The highest BCUT2D eigenvalue weighted by atomic mass is 16.5. The summed E-state index contributed by atoms with van der Waals surface area (Å²) in [6.45, 7) is 1.83. The number of benzene rings is 1. The molecule has 2 heterocycles. The summed E-state index contributed by atoms with van der Waals surface area (Å²) in [5.74, 6) is -2.07. The lowest BCUT2D eigenvalue weighted by Gasteiger charge is -2.44. The van der Waals surface area contributed by atoms with Crippen molar-refractivity contribution in [1.82, 2.24) is 10.2 Å². The number of methoxy groups -OCH3 is 1. The molecule has 0 aromatic heterocycles. The predicted octanol–water partition coefficient (Wildman–Crippen LogP) is 0.950. The van der Waals surface area contributed by atoms with Gasteiger partial charge in [0.15, 0.2) is 0 Å². The minimum absolute atomic E-state index is 0.0164. The summed E-state index contributed by atoms with van der Waals surface area (Å²) in [5.41, 5.74) is 2.09. The average molecular weight is 360 g/mol. The highest BCUT2D eigenvalue weighted by Crippen LogP contribution is 2.46. The van der Waals surface area contributed by atoms with Gasteiger partial charge in [0.1, 0.15) is 5.70 Å². The van der Waals surface area contributed by atoms with Gasteiger partial charge in [0.05, 0.1) is 25.2 Å². The normalized spacial score (nSPS) is 22.6. The fourth-order valence-corrected chi connectivity index (χ4v) is 3.60. The quantitative estimate of drug-likeness (QED) is 0.673. The van der Waals surface area contributed by atoms with E-state index in [-0.39, 0.29) is 24.2 Å². The molecule has 2 aliphatic heterocycles. The van der Waals surface area contributed by atoms with E-state index < -0.39 is 24.1 Å². The molecular weight excluding hydrogens is 340 g/mol. The highest BCUT2D eigenvalue weighted by Gasteiger charge is 2.56. The van der Waals surface area contributed by atoms with Crippen molar-refractivity contribution < 1.29 is 29.3 Å². The molecule has 3 atom stereocenters. The summed E-state index contributed by atoms with van der Waals surface area (Å²) < 4.78 is 4.51. The third kappa shape index (κ3) is 2.92. The van der Waals surface area contributed by atoms with E-state index in [4.69, 9.17) is 0 Å². The van der Waals surface area contributed by atoms with Crippen molar-refractivity contribution in [2.75, 3.05) is 7.11 Å². The zero-order chi connectivity index (χ0) is 19.0. The van der Waals surface area contributed by atoms with Crippen LogP contribution < -0.4 is 5.32 Å². The van der Waals surface area contributed by atoms with Crippen molar-refractivity contribution in [3.05, 3.63) is 41.1 Å². The van der Waals surface area contributed by atoms with Crippen LogP contribution in [0.2, 0.25) is 0 Å². The Bertz CT molecular complexity index is 783. The molecule has 0 unspecified atom stereocenters. The number of carbonyl (C=O) groups excluding carboxylic acids is 2. The largest absolute Gasteiger partial charge is 0.477 e. The summed E-state index contributed by atoms with van der Waals surface area (Å²) in [4.78, 5) is 36.3. The van der Waals surface area contributed by atoms with Crippen LogP contribution in [-0.2, 0) is 20.9 Å². The Labute approximate surface area is 150 Å². The SMILES string of the molecule is COC(=O)NCc1ccc(C2=C(C(=O)O)N3C(=O)[C@@H]([C@@H](C)O)[C@H]3C2)cc1. The minimum Gasteiger partial charge on any atom is -0.477 e. The molecule has 1 aromatic rings. The van der Waals surface area contributed by atoms with Crippen molar-refractivity contribution in [3.63, 3.8) is 0 Å². The third-order valence-corrected chi connectivity index (χ3v) is 4.86. The number of alkyl carbamates (subject to hydrolysis) is 1. The Morgan fingerprint density at radius 1 is 1.35 bits per heavy atom. The summed E-state index contributed by atoms with van der Waals surface area (Å²) >= 11 is 0. The van der Waals surface area contributed by atoms with Gasteiger partial charge in [-0.1, -0.05) is 24.3 Å². The predicted molar refractivity (Wildman–Crippen MR) is 90.7 cm³/mol. The molecule has 0 bridgehead atoms. The fourth-order valence-electron chi connectivity index (χ4n) is 3.60. The number of hydrogen-bond donors (Lipinski definition) is 3. The number of β-lactam (4-membered cyclic amide) rings is 1. The van der Waals surface area contributed by atoms with Crippen LogP contribution in [0.1, 0.15) is 24.5 Å². The van der Waals surface area contributed by atoms with Gasteiger partial charge in [-0.05, 0) is 30.0 Å². The summed E-state index contributed by atoms with van der Waals surface area (Å²) in [6, 6.07) is 6.77. The molecule has 2 aliphatic rings. The first-order valence-electron chi connectivity index (χ1n) is 8.23. The van der Waals surface area contributed by atoms with Crippen molar-refractivity contribution in [1.29, 1.82) is 0 Å². The second-order valence-corrected chi connectivity index (χ2v) is 6.42. The van der Waals surface area contributed by atoms with Crippen LogP contribution in [0.15, 0.2) is 30.0 Å². The molecule has 8 nitrogen and oxygen atoms in total. The monoisotopic (exact) mass is 360 g/mol. The van der Waals surface area contributed by atoms with E-state index in [2.05, 4.69) is 10.1 Å². The molecule has 0 aliphatic carbocycles. The lowest BCUT2D eigenvalue weighted by molar-refractivity contribution is -0.161. The van der Waals surface area contributed by atoms with E-state index in [1.165, 1.54) is 12.0 Å². The summed E-state index contributed by atoms with van der Waals surface area (Å²) in [5, 5.41) is 21.9. The number of nitrogens with zero attached hydrogens (tertiary/aromatic N) is 1. The number of rotatable bonds is 5. The topological polar surface area (TPSA) is 116 Å². The number of aliphatic carboxylic acids is 1. The van der Waals surface area contributed by atoms with Crippen LogP contribution in [-0.4, -0.2) is 52.3 Å². The maximum absolute atomic E-state index is 12.2. The van der Waals surface area contributed by atoms with Crippen LogP contribution in [0, 0.1) is 5.92 Å². The first kappa shape index (κ1) is 17.9. The minimum atomic E-state index is -1.16. The molecule has 26 heavy (non-hydrogen) atoms. The average Bonchev–Trinajstić information content (AvgIpc) is 2.95. The third-order valence-electron chi connectivity index (χ3n) is 4.86. The number of fused-ring (bicyclic) bond motifs is 1. The zero-order valence-electron chi connectivity index (χ0n) is 14.4. The molecule has 3 rings (SSSR count). The molecule has 0 spiro atoms. The van der Waals surface area contributed by atoms with Gasteiger partial charge in [-0.15, -0.1) is 0 Å². The summed E-state index contributed by atoms with van der Waals surface area (Å²) in [7, 11) is 1.28. The van der Waals surface area contributed by atoms with E-state index in [1.54, 1.807) is 31.2 Å². The van der Waals surface area contributed by atoms with Crippen LogP contribution in [0.25, 0.3) is 5.57 Å². The standard InChI is InChI=1S/C18H20N2O6/c1-9(21)14-13-7-12(15(17(23)24)20(13)16(14)22)11-5-3-10(4-6-11)8-19-18(25)26-2/h3-6,9,13-14,21H,7-8H2,1-2H3,(H,19,25)(H,23,24)/t9-,13-,14+/m1/s1. The van der Waals surface area contributed by atoms with Crippen molar-refractivity contribution >= 4 is 23.5 Å². The Kier molecular flexibility index (Phi) is 4.69. The van der Waals surface area contributed by atoms with E-state index in [1.807, 2.05) is 0 Å². The van der Waals surface area contributed by atoms with Gasteiger partial charge in [-0.25, -0.2) is 9.59 Å². The number of ether oxygens (including phenoxy) is 1. The van der Waals surface area contributed by atoms with Crippen LogP contribution in [0.5, 0.6) is 0 Å². The second kappa shape index (κ2) is 6.80. The van der Waals surface area contributed by atoms with Crippen molar-refractivity contribution in [3.8, 4) is 0 Å². The maximum atomic E-state index is 12.2.